The van der Waals surface area contributed by atoms with Crippen LogP contribution in [0.25, 0.3) is 17.7 Å². The van der Waals surface area contributed by atoms with Crippen molar-refractivity contribution in [2.24, 2.45) is 11.8 Å². The third-order valence-corrected chi connectivity index (χ3v) is 10.8. The molecule has 0 fully saturated rings. The van der Waals surface area contributed by atoms with Crippen molar-refractivity contribution in [1.29, 1.82) is 0 Å². The number of fused-ring (bicyclic) bond motifs is 2. The first-order valence-electron chi connectivity index (χ1n) is 21.7. The van der Waals surface area contributed by atoms with Gasteiger partial charge in [-0.25, -0.2) is 0 Å². The van der Waals surface area contributed by atoms with Gasteiger partial charge < -0.3 is 10.2 Å². The minimum absolute atomic E-state index is 0.503. The van der Waals surface area contributed by atoms with Crippen LogP contribution in [0.4, 0.5) is 5.69 Å². The molecule has 0 radical (unpaired) electrons. The van der Waals surface area contributed by atoms with E-state index in [4.69, 9.17) is 0 Å². The monoisotopic (exact) mass is 731 g/mol. The fraction of sp³-hybridized carbons (Fsp3) is 0.500. The highest BCUT2D eigenvalue weighted by molar-refractivity contribution is 5.83. The molecule has 54 heavy (non-hydrogen) atoms. The Bertz CT molecular complexity index is 1700. The molecule has 4 aliphatic rings. The summed E-state index contributed by atoms with van der Waals surface area (Å²) in [5.74, 6) is 1.99. The van der Waals surface area contributed by atoms with Crippen molar-refractivity contribution >= 4 is 23.4 Å². The van der Waals surface area contributed by atoms with Gasteiger partial charge in [0.1, 0.15) is 0 Å². The van der Waals surface area contributed by atoms with E-state index in [2.05, 4.69) is 138 Å². The largest absolute Gasteiger partial charge is 0.391 e. The van der Waals surface area contributed by atoms with Gasteiger partial charge in [0.2, 0.25) is 0 Å². The van der Waals surface area contributed by atoms with Gasteiger partial charge in [0.05, 0.1) is 0 Å². The molecular formula is C52H78N2. The van der Waals surface area contributed by atoms with Crippen molar-refractivity contribution in [3.63, 3.8) is 0 Å². The lowest BCUT2D eigenvalue weighted by Crippen LogP contribution is -2.16. The highest BCUT2D eigenvalue weighted by Crippen LogP contribution is 2.42. The Hall–Kier alpha value is -3.78. The number of nitrogens with one attached hydrogen (secondary N) is 1. The second kappa shape index (κ2) is 23.9. The van der Waals surface area contributed by atoms with Gasteiger partial charge in [-0.1, -0.05) is 142 Å². The number of hydrogen-bond donors (Lipinski definition) is 1. The van der Waals surface area contributed by atoms with Crippen molar-refractivity contribution in [3.8, 4) is 0 Å². The first kappa shape index (κ1) is 46.4. The summed E-state index contributed by atoms with van der Waals surface area (Å²) in [6, 6.07) is 9.48. The molecule has 0 amide bonds. The number of anilines is 1. The average molecular weight is 731 g/mol. The molecule has 3 atom stereocenters. The standard InChI is InChI=1S/C44H54N2.4C2H6/c1-8-32-20-30(3)22-37(23-32)43-27-35(42-18-16-39(45-5)28-44(42)31(43)4)13-11-9-10-12-34-24-36(33-15-14-29(2)21-33)25-38-26-40(46(6)7)17-19-41(34)38;4*1-2/h9-13,15,17,19,23-24,26-30,37,45H,8,14,16,18,20-22,25H2,1-7H3;4*1-2H3/b10-9+,13-11+,34-12+;;;;. The van der Waals surface area contributed by atoms with Crippen LogP contribution in [-0.2, 0) is 12.8 Å². The van der Waals surface area contributed by atoms with E-state index < -0.39 is 0 Å². The maximum Gasteiger partial charge on any atom is 0.0364 e. The Morgan fingerprint density at radius 3 is 2.19 bits per heavy atom. The number of allylic oxidation sites excluding steroid dienone is 12. The van der Waals surface area contributed by atoms with E-state index in [1.807, 2.05) is 55.4 Å². The maximum absolute atomic E-state index is 3.45. The second-order valence-electron chi connectivity index (χ2n) is 14.5. The molecule has 0 saturated heterocycles. The Morgan fingerprint density at radius 2 is 1.56 bits per heavy atom. The molecule has 2 aromatic carbocycles. The van der Waals surface area contributed by atoms with Crippen molar-refractivity contribution in [3.05, 3.63) is 128 Å². The molecule has 0 spiro atoms. The Kier molecular flexibility index (Phi) is 20.5. The van der Waals surface area contributed by atoms with E-state index in [-0.39, 0.29) is 0 Å². The van der Waals surface area contributed by atoms with Crippen molar-refractivity contribution < 1.29 is 0 Å². The normalized spacial score (nSPS) is 20.6. The smallest absolute Gasteiger partial charge is 0.0364 e. The van der Waals surface area contributed by atoms with E-state index in [9.17, 15) is 0 Å². The minimum atomic E-state index is 0.503. The molecule has 0 bridgehead atoms. The molecule has 2 aromatic rings. The average Bonchev–Trinajstić information content (AvgIpc) is 3.66. The molecule has 0 saturated carbocycles. The Morgan fingerprint density at radius 1 is 0.833 bits per heavy atom. The zero-order valence-electron chi connectivity index (χ0n) is 37.3. The zero-order chi connectivity index (χ0) is 40.4. The summed E-state index contributed by atoms with van der Waals surface area (Å²) in [5, 5.41) is 3.45. The quantitative estimate of drug-likeness (QED) is 0.215. The lowest BCUT2D eigenvalue weighted by atomic mass is 9.75. The zero-order valence-corrected chi connectivity index (χ0v) is 37.3. The van der Waals surface area contributed by atoms with E-state index in [1.165, 1.54) is 87.2 Å². The molecule has 4 aliphatic carbocycles. The summed E-state index contributed by atoms with van der Waals surface area (Å²) in [6.45, 7) is 25.5. The molecule has 0 heterocycles. The lowest BCUT2D eigenvalue weighted by molar-refractivity contribution is 0.467. The fourth-order valence-electron chi connectivity index (χ4n) is 8.16. The van der Waals surface area contributed by atoms with Gasteiger partial charge in [0, 0.05) is 38.4 Å². The van der Waals surface area contributed by atoms with Gasteiger partial charge >= 0.3 is 0 Å². The summed E-state index contributed by atoms with van der Waals surface area (Å²) in [6.07, 6.45) is 30.6. The molecule has 2 heteroatoms. The van der Waals surface area contributed by atoms with Crippen LogP contribution in [0.1, 0.15) is 160 Å². The molecule has 296 valence electrons. The van der Waals surface area contributed by atoms with Crippen LogP contribution in [0.15, 0.2) is 89.2 Å². The van der Waals surface area contributed by atoms with Crippen LogP contribution in [0, 0.1) is 18.8 Å². The Labute approximate surface area is 334 Å². The van der Waals surface area contributed by atoms with Crippen LogP contribution >= 0.6 is 0 Å². The van der Waals surface area contributed by atoms with Gasteiger partial charge in [0.15, 0.2) is 0 Å². The number of hydrogen-bond acceptors (Lipinski definition) is 2. The predicted molar refractivity (Wildman–Crippen MR) is 247 cm³/mol. The summed E-state index contributed by atoms with van der Waals surface area (Å²) < 4.78 is 0. The highest BCUT2D eigenvalue weighted by Gasteiger charge is 2.25. The van der Waals surface area contributed by atoms with Gasteiger partial charge in [-0.15, -0.1) is 0 Å². The SMILES string of the molecule is CC.CC.CC.CC.CCC1=CC(c2cc(/C=C/C=C/C=C3\C=C(C4=CCC(C)C4)Cc4cc(N(C)C)ccc43)c3c(c2C)C=C(NC)CC3)CC(C)C1. The van der Waals surface area contributed by atoms with E-state index in [0.29, 0.717) is 5.92 Å². The Balaban J connectivity index is 0.00000118. The van der Waals surface area contributed by atoms with Gasteiger partial charge in [-0.05, 0) is 144 Å². The van der Waals surface area contributed by atoms with Crippen LogP contribution < -0.4 is 10.2 Å². The molecule has 0 aromatic heterocycles. The molecule has 0 aliphatic heterocycles. The first-order chi connectivity index (χ1) is 26.2. The molecule has 3 unspecified atom stereocenters. The van der Waals surface area contributed by atoms with Crippen LogP contribution in [0.5, 0.6) is 0 Å². The van der Waals surface area contributed by atoms with Gasteiger partial charge in [-0.3, -0.25) is 0 Å². The maximum atomic E-state index is 3.45. The van der Waals surface area contributed by atoms with Crippen molar-refractivity contribution in [1.82, 2.24) is 5.32 Å². The van der Waals surface area contributed by atoms with Crippen LogP contribution in [-0.4, -0.2) is 21.1 Å². The molecule has 1 N–H and O–H groups in total. The summed E-state index contributed by atoms with van der Waals surface area (Å²) in [5.41, 5.74) is 18.7. The summed E-state index contributed by atoms with van der Waals surface area (Å²) in [4.78, 5) is 2.21. The third kappa shape index (κ3) is 11.9. The second-order valence-corrected chi connectivity index (χ2v) is 14.5. The predicted octanol–water partition coefficient (Wildman–Crippen LogP) is 15.0. The van der Waals surface area contributed by atoms with Gasteiger partial charge in [-0.2, -0.15) is 0 Å². The van der Waals surface area contributed by atoms with Crippen molar-refractivity contribution in [2.45, 2.75) is 140 Å². The van der Waals surface area contributed by atoms with Crippen molar-refractivity contribution in [2.75, 3.05) is 26.0 Å². The molecular weight excluding hydrogens is 653 g/mol. The van der Waals surface area contributed by atoms with E-state index >= 15 is 0 Å². The highest BCUT2D eigenvalue weighted by atomic mass is 15.1. The van der Waals surface area contributed by atoms with Gasteiger partial charge in [0.25, 0.3) is 0 Å². The molecule has 6 rings (SSSR count). The number of rotatable bonds is 8. The van der Waals surface area contributed by atoms with Crippen LogP contribution in [0.2, 0.25) is 0 Å². The van der Waals surface area contributed by atoms with Crippen LogP contribution in [0.3, 0.4) is 0 Å². The van der Waals surface area contributed by atoms with E-state index in [0.717, 1.165) is 37.5 Å². The minimum Gasteiger partial charge on any atom is -0.391 e. The van der Waals surface area contributed by atoms with E-state index in [1.54, 1.807) is 11.1 Å². The third-order valence-electron chi connectivity index (χ3n) is 10.8. The first-order valence-corrected chi connectivity index (χ1v) is 21.7. The number of nitrogens with zero attached hydrogens (tertiary/aromatic N) is 1. The summed E-state index contributed by atoms with van der Waals surface area (Å²) in [7, 11) is 6.32. The molecule has 2 nitrogen and oxygen atoms in total. The number of benzene rings is 2. The summed E-state index contributed by atoms with van der Waals surface area (Å²) >= 11 is 0. The topological polar surface area (TPSA) is 15.3 Å². The fourth-order valence-corrected chi connectivity index (χ4v) is 8.16. The lowest BCUT2D eigenvalue weighted by Gasteiger charge is -2.30.